The number of furan rings is 4. The molecule has 0 radical (unpaired) electrons. The highest BCUT2D eigenvalue weighted by Gasteiger charge is 2.28. The summed E-state index contributed by atoms with van der Waals surface area (Å²) in [6, 6.07) is 61.1. The van der Waals surface area contributed by atoms with Crippen LogP contribution < -0.4 is 0 Å². The fourth-order valence-electron chi connectivity index (χ4n) is 12.5. The molecule has 0 aliphatic heterocycles. The predicted octanol–water partition coefficient (Wildman–Crippen LogP) is 17.3. The van der Waals surface area contributed by atoms with Crippen LogP contribution in [0.25, 0.3) is 175 Å². The van der Waals surface area contributed by atoms with Crippen LogP contribution >= 0.6 is 0 Å². The maximum Gasteiger partial charge on any atom is 0.137 e. The van der Waals surface area contributed by atoms with Crippen LogP contribution in [0.5, 0.6) is 0 Å². The summed E-state index contributed by atoms with van der Waals surface area (Å²) in [4.78, 5) is 0. The Morgan fingerprint density at radius 3 is 1.35 bits per heavy atom. The van der Waals surface area contributed by atoms with Crippen molar-refractivity contribution in [1.29, 1.82) is 0 Å². The third-order valence-electron chi connectivity index (χ3n) is 15.1. The first kappa shape index (κ1) is 32.6. The summed E-state index contributed by atoms with van der Waals surface area (Å²) < 4.78 is 31.5. The Hall–Kier alpha value is -9.00. The Morgan fingerprint density at radius 2 is 0.727 bits per heavy atom. The predicted molar refractivity (Wildman–Crippen MR) is 270 cm³/mol. The van der Waals surface area contributed by atoms with Crippen LogP contribution in [0, 0.1) is 0 Å². The molecule has 0 fully saturated rings. The molecule has 18 rings (SSSR count). The van der Waals surface area contributed by atoms with Crippen molar-refractivity contribution < 1.29 is 17.7 Å². The fourth-order valence-corrected chi connectivity index (χ4v) is 12.5. The fraction of sp³-hybridized carbons (Fsp3) is 0. The average molecular weight is 841 g/mol. The molecule has 6 nitrogen and oxygen atoms in total. The van der Waals surface area contributed by atoms with Gasteiger partial charge in [0.1, 0.15) is 44.7 Å². The van der Waals surface area contributed by atoms with Gasteiger partial charge in [-0.05, 0) is 72.3 Å². The Bertz CT molecular complexity index is 5080. The Morgan fingerprint density at radius 1 is 0.242 bits per heavy atom. The summed E-state index contributed by atoms with van der Waals surface area (Å²) in [7, 11) is 0. The van der Waals surface area contributed by atoms with Gasteiger partial charge in [0, 0.05) is 104 Å². The molecule has 0 unspecified atom stereocenters. The quantitative estimate of drug-likeness (QED) is 0.165. The van der Waals surface area contributed by atoms with Crippen LogP contribution in [0.1, 0.15) is 0 Å². The molecule has 6 heteroatoms. The van der Waals surface area contributed by atoms with E-state index in [0.29, 0.717) is 0 Å². The molecule has 8 heterocycles. The largest absolute Gasteiger partial charge is 0.456 e. The van der Waals surface area contributed by atoms with Gasteiger partial charge in [0.15, 0.2) is 0 Å². The molecule has 8 aromatic heterocycles. The number of benzene rings is 10. The standard InChI is InChI=1S/C60H28N2O4/c1-5-16-46-30(10-1)39-24-37-41-22-29(23-42-38-25-40-31-11-2-6-17-47(31)65-52(40)28-45(38)61(59(41)42)44(37)27-51(39)64-46)36-26-53-56(33-13-4-8-19-49(33)66-53)57-35-15-9-14-34-54-43(62(58(34)35)60(36)57)20-21-50-55(54)32-12-3-7-18-48(32)63-50/h1-28H. The molecule has 0 bridgehead atoms. The molecule has 66 heavy (non-hydrogen) atoms. The van der Waals surface area contributed by atoms with Crippen LogP contribution in [0.4, 0.5) is 0 Å². The van der Waals surface area contributed by atoms with Gasteiger partial charge in [-0.25, -0.2) is 0 Å². The van der Waals surface area contributed by atoms with Gasteiger partial charge in [-0.3, -0.25) is 0 Å². The summed E-state index contributed by atoms with van der Waals surface area (Å²) in [5, 5.41) is 18.5. The van der Waals surface area contributed by atoms with Crippen LogP contribution in [0.15, 0.2) is 188 Å². The molecule has 0 atom stereocenters. The Labute approximate surface area is 369 Å². The van der Waals surface area contributed by atoms with E-state index >= 15 is 0 Å². The highest BCUT2D eigenvalue weighted by Crippen LogP contribution is 2.52. The molecular formula is C60H28N2O4. The number of fused-ring (bicyclic) bond motifs is 26. The summed E-state index contributed by atoms with van der Waals surface area (Å²) in [6.45, 7) is 0. The third kappa shape index (κ3) is 3.64. The first-order valence-electron chi connectivity index (χ1n) is 22.5. The topological polar surface area (TPSA) is 61.4 Å². The lowest BCUT2D eigenvalue weighted by Crippen LogP contribution is -1.88. The van der Waals surface area contributed by atoms with Gasteiger partial charge in [-0.15, -0.1) is 0 Å². The van der Waals surface area contributed by atoms with Crippen molar-refractivity contribution in [3.05, 3.63) is 170 Å². The smallest absolute Gasteiger partial charge is 0.137 e. The van der Waals surface area contributed by atoms with Crippen LogP contribution in [-0.2, 0) is 0 Å². The van der Waals surface area contributed by atoms with E-state index in [0.717, 1.165) is 121 Å². The number of aromatic nitrogens is 2. The number of hydrogen-bond acceptors (Lipinski definition) is 4. The highest BCUT2D eigenvalue weighted by molar-refractivity contribution is 6.38. The number of para-hydroxylation sites is 5. The van der Waals surface area contributed by atoms with Gasteiger partial charge < -0.3 is 26.5 Å². The van der Waals surface area contributed by atoms with E-state index < -0.39 is 0 Å². The van der Waals surface area contributed by atoms with Crippen LogP contribution in [0.2, 0.25) is 0 Å². The lowest BCUT2D eigenvalue weighted by Gasteiger charge is -2.09. The third-order valence-corrected chi connectivity index (χ3v) is 15.1. The van der Waals surface area contributed by atoms with Crippen molar-refractivity contribution in [1.82, 2.24) is 8.80 Å². The summed E-state index contributed by atoms with van der Waals surface area (Å²) in [5.74, 6) is 0. The molecule has 0 saturated carbocycles. The van der Waals surface area contributed by atoms with E-state index in [2.05, 4.69) is 160 Å². The molecule has 0 N–H and O–H groups in total. The minimum absolute atomic E-state index is 0.872. The Balaban J connectivity index is 1.07. The van der Waals surface area contributed by atoms with Crippen molar-refractivity contribution in [3.8, 4) is 11.1 Å². The van der Waals surface area contributed by atoms with Gasteiger partial charge in [0.05, 0.1) is 33.1 Å². The molecule has 0 spiro atoms. The van der Waals surface area contributed by atoms with Gasteiger partial charge in [0.2, 0.25) is 0 Å². The second-order valence-corrected chi connectivity index (χ2v) is 18.3. The minimum atomic E-state index is 0.872. The summed E-state index contributed by atoms with van der Waals surface area (Å²) in [5.41, 5.74) is 16.2. The maximum absolute atomic E-state index is 6.87. The molecule has 0 aliphatic carbocycles. The average Bonchev–Trinajstić information content (AvgIpc) is 4.24. The van der Waals surface area contributed by atoms with E-state index in [1.54, 1.807) is 0 Å². The zero-order valence-electron chi connectivity index (χ0n) is 34.7. The zero-order valence-corrected chi connectivity index (χ0v) is 34.7. The lowest BCUT2D eigenvalue weighted by atomic mass is 9.94. The molecule has 0 saturated heterocycles. The monoisotopic (exact) mass is 840 g/mol. The van der Waals surface area contributed by atoms with Crippen LogP contribution in [0.3, 0.4) is 0 Å². The number of rotatable bonds is 1. The summed E-state index contributed by atoms with van der Waals surface area (Å²) >= 11 is 0. The van der Waals surface area contributed by atoms with Gasteiger partial charge in [-0.1, -0.05) is 91.0 Å². The second kappa shape index (κ2) is 10.8. The van der Waals surface area contributed by atoms with E-state index in [9.17, 15) is 0 Å². The van der Waals surface area contributed by atoms with Gasteiger partial charge >= 0.3 is 0 Å². The first-order valence-corrected chi connectivity index (χ1v) is 22.5. The van der Waals surface area contributed by atoms with E-state index in [-0.39, 0.29) is 0 Å². The minimum Gasteiger partial charge on any atom is -0.456 e. The molecule has 0 amide bonds. The first-order chi connectivity index (χ1) is 32.7. The van der Waals surface area contributed by atoms with Gasteiger partial charge in [0.25, 0.3) is 0 Å². The zero-order chi connectivity index (χ0) is 42.3. The molecule has 10 aromatic carbocycles. The highest BCUT2D eigenvalue weighted by atomic mass is 16.3. The lowest BCUT2D eigenvalue weighted by molar-refractivity contribution is 0.669. The van der Waals surface area contributed by atoms with E-state index in [4.69, 9.17) is 17.7 Å². The van der Waals surface area contributed by atoms with E-state index in [1.165, 1.54) is 54.1 Å². The molecule has 18 aromatic rings. The summed E-state index contributed by atoms with van der Waals surface area (Å²) in [6.07, 6.45) is 0. The van der Waals surface area contributed by atoms with E-state index in [1.807, 2.05) is 18.2 Å². The molecule has 302 valence electrons. The SMILES string of the molecule is c1ccc2c(c1)oc1cc3c(cc12)c1cc(-c2cc4oc5ccccc5c4c4c5cccc6c7c8c(ccc7n(c24)c65)oc2ccccc28)cc2c4cc5c(cc4n3c12)oc1ccccc15. The Kier molecular flexibility index (Phi) is 5.36. The van der Waals surface area contributed by atoms with Crippen molar-refractivity contribution in [3.63, 3.8) is 0 Å². The number of hydrogen-bond donors (Lipinski definition) is 0. The molecule has 0 aliphatic rings. The second-order valence-electron chi connectivity index (χ2n) is 18.3. The normalized spacial score (nSPS) is 13.2. The van der Waals surface area contributed by atoms with Crippen molar-refractivity contribution in [2.24, 2.45) is 0 Å². The van der Waals surface area contributed by atoms with Crippen molar-refractivity contribution in [2.75, 3.05) is 0 Å². The van der Waals surface area contributed by atoms with Gasteiger partial charge in [-0.2, -0.15) is 0 Å². The van der Waals surface area contributed by atoms with Crippen molar-refractivity contribution in [2.45, 2.75) is 0 Å². The maximum atomic E-state index is 6.87. The van der Waals surface area contributed by atoms with Crippen LogP contribution in [-0.4, -0.2) is 8.80 Å². The molecular weight excluding hydrogens is 813 g/mol. The number of nitrogens with zero attached hydrogens (tertiary/aromatic N) is 2. The van der Waals surface area contributed by atoms with Crippen molar-refractivity contribution >= 4 is 164 Å².